The molecular formula is C13H14F3NO4. The second-order valence-corrected chi connectivity index (χ2v) is 4.24. The minimum Gasteiger partial charge on any atom is -0.481 e. The van der Waals surface area contributed by atoms with Gasteiger partial charge in [0.1, 0.15) is 11.6 Å². The summed E-state index contributed by atoms with van der Waals surface area (Å²) in [7, 11) is 1.39. The van der Waals surface area contributed by atoms with Crippen LogP contribution in [0.25, 0.3) is 0 Å². The quantitative estimate of drug-likeness (QED) is 0.840. The highest BCUT2D eigenvalue weighted by atomic mass is 19.3. The van der Waals surface area contributed by atoms with E-state index in [1.807, 2.05) is 0 Å². The third-order valence-corrected chi connectivity index (χ3v) is 2.62. The smallest absolute Gasteiger partial charge is 0.387 e. The lowest BCUT2D eigenvalue weighted by Gasteiger charge is -2.18. The summed E-state index contributed by atoms with van der Waals surface area (Å²) in [5.74, 6) is -3.02. The third kappa shape index (κ3) is 5.33. The van der Waals surface area contributed by atoms with Crippen LogP contribution in [0.1, 0.15) is 23.2 Å². The highest BCUT2D eigenvalue weighted by Crippen LogP contribution is 2.23. The van der Waals surface area contributed by atoms with Gasteiger partial charge in [-0.1, -0.05) is 0 Å². The van der Waals surface area contributed by atoms with Crippen LogP contribution in [-0.4, -0.2) is 42.1 Å². The Morgan fingerprint density at radius 3 is 2.62 bits per heavy atom. The summed E-state index contributed by atoms with van der Waals surface area (Å²) >= 11 is 0. The number of aliphatic carboxylic acids is 1. The van der Waals surface area contributed by atoms with Gasteiger partial charge in [-0.05, 0) is 18.6 Å². The van der Waals surface area contributed by atoms with Crippen molar-refractivity contribution in [3.05, 3.63) is 29.6 Å². The number of rotatable bonds is 7. The number of alkyl halides is 2. The monoisotopic (exact) mass is 305 g/mol. The number of carbonyl (C=O) groups excluding carboxylic acids is 1. The molecule has 1 aromatic rings. The van der Waals surface area contributed by atoms with E-state index < -0.39 is 30.1 Å². The number of hydrogen-bond donors (Lipinski definition) is 1. The van der Waals surface area contributed by atoms with Crippen LogP contribution in [0.2, 0.25) is 0 Å². The van der Waals surface area contributed by atoms with Crippen LogP contribution in [0, 0.1) is 5.82 Å². The molecule has 0 spiro atoms. The SMILES string of the molecule is CN(CCCC(=O)O)C(=O)c1ccc(F)cc1OC(F)F. The maximum absolute atomic E-state index is 13.0. The van der Waals surface area contributed by atoms with Gasteiger partial charge in [-0.3, -0.25) is 9.59 Å². The number of carboxylic acids is 1. The Morgan fingerprint density at radius 2 is 2.05 bits per heavy atom. The van der Waals surface area contributed by atoms with E-state index >= 15 is 0 Å². The van der Waals surface area contributed by atoms with Crippen LogP contribution < -0.4 is 4.74 Å². The molecule has 0 aromatic heterocycles. The number of benzene rings is 1. The summed E-state index contributed by atoms with van der Waals surface area (Å²) in [6.07, 6.45) is 0.0885. The van der Waals surface area contributed by atoms with Crippen LogP contribution in [-0.2, 0) is 4.79 Å². The van der Waals surface area contributed by atoms with Gasteiger partial charge in [0.05, 0.1) is 5.56 Å². The molecule has 1 N–H and O–H groups in total. The van der Waals surface area contributed by atoms with Gasteiger partial charge in [-0.25, -0.2) is 4.39 Å². The van der Waals surface area contributed by atoms with Crippen LogP contribution in [0.3, 0.4) is 0 Å². The number of nitrogens with zero attached hydrogens (tertiary/aromatic N) is 1. The van der Waals surface area contributed by atoms with Crippen molar-refractivity contribution in [1.82, 2.24) is 4.90 Å². The van der Waals surface area contributed by atoms with E-state index in [1.54, 1.807) is 0 Å². The summed E-state index contributed by atoms with van der Waals surface area (Å²) in [5.41, 5.74) is -0.213. The molecule has 0 aliphatic heterocycles. The summed E-state index contributed by atoms with van der Waals surface area (Å²) in [6.45, 7) is -3.06. The Bertz CT molecular complexity index is 522. The summed E-state index contributed by atoms with van der Waals surface area (Å²) in [4.78, 5) is 23.6. The molecule has 0 unspecified atom stereocenters. The fraction of sp³-hybridized carbons (Fsp3) is 0.385. The number of amides is 1. The third-order valence-electron chi connectivity index (χ3n) is 2.62. The lowest BCUT2D eigenvalue weighted by atomic mass is 10.1. The number of halogens is 3. The van der Waals surface area contributed by atoms with Gasteiger partial charge in [0, 0.05) is 26.1 Å². The maximum Gasteiger partial charge on any atom is 0.387 e. The fourth-order valence-corrected chi connectivity index (χ4v) is 1.64. The predicted molar refractivity (Wildman–Crippen MR) is 66.9 cm³/mol. The molecule has 116 valence electrons. The van der Waals surface area contributed by atoms with Crippen molar-refractivity contribution < 1.29 is 32.6 Å². The fourth-order valence-electron chi connectivity index (χ4n) is 1.64. The normalized spacial score (nSPS) is 10.5. The first-order valence-electron chi connectivity index (χ1n) is 6.03. The topological polar surface area (TPSA) is 66.8 Å². The lowest BCUT2D eigenvalue weighted by Crippen LogP contribution is -2.28. The van der Waals surface area contributed by atoms with Crippen LogP contribution in [0.5, 0.6) is 5.75 Å². The van der Waals surface area contributed by atoms with Gasteiger partial charge < -0.3 is 14.7 Å². The van der Waals surface area contributed by atoms with E-state index in [4.69, 9.17) is 5.11 Å². The van der Waals surface area contributed by atoms with Crippen molar-refractivity contribution in [3.63, 3.8) is 0 Å². The molecule has 1 amide bonds. The Morgan fingerprint density at radius 1 is 1.38 bits per heavy atom. The van der Waals surface area contributed by atoms with Crippen LogP contribution in [0.4, 0.5) is 13.2 Å². The van der Waals surface area contributed by atoms with E-state index in [0.717, 1.165) is 17.0 Å². The molecule has 1 rings (SSSR count). The molecule has 0 bridgehead atoms. The second-order valence-electron chi connectivity index (χ2n) is 4.24. The second kappa shape index (κ2) is 7.51. The highest BCUT2D eigenvalue weighted by Gasteiger charge is 2.19. The standard InChI is InChI=1S/C13H14F3NO4/c1-17(6-2-3-11(18)19)12(20)9-5-4-8(14)7-10(9)21-13(15)16/h4-5,7,13H,2-3,6H2,1H3,(H,18,19). The first-order chi connectivity index (χ1) is 9.81. The van der Waals surface area contributed by atoms with E-state index in [9.17, 15) is 22.8 Å². The van der Waals surface area contributed by atoms with Crippen molar-refractivity contribution in [3.8, 4) is 5.75 Å². The van der Waals surface area contributed by atoms with Gasteiger partial charge in [0.15, 0.2) is 0 Å². The minimum absolute atomic E-state index is 0.122. The predicted octanol–water partition coefficient (Wildman–Crippen LogP) is 2.36. The zero-order valence-electron chi connectivity index (χ0n) is 11.2. The number of carboxylic acid groups (broad SMARTS) is 1. The molecule has 5 nitrogen and oxygen atoms in total. The van der Waals surface area contributed by atoms with Gasteiger partial charge in [-0.15, -0.1) is 0 Å². The average Bonchev–Trinajstić information content (AvgIpc) is 2.36. The Labute approximate surface area is 118 Å². The van der Waals surface area contributed by atoms with Crippen molar-refractivity contribution >= 4 is 11.9 Å². The molecule has 0 atom stereocenters. The van der Waals surface area contributed by atoms with E-state index in [2.05, 4.69) is 4.74 Å². The summed E-state index contributed by atoms with van der Waals surface area (Å²) in [6, 6.07) is 2.70. The number of carbonyl (C=O) groups is 2. The van der Waals surface area contributed by atoms with E-state index in [1.165, 1.54) is 7.05 Å². The zero-order chi connectivity index (χ0) is 16.0. The van der Waals surface area contributed by atoms with Crippen molar-refractivity contribution in [1.29, 1.82) is 0 Å². The van der Waals surface area contributed by atoms with Crippen LogP contribution >= 0.6 is 0 Å². The Hall–Kier alpha value is -2.25. The molecule has 0 fully saturated rings. The molecule has 0 saturated carbocycles. The van der Waals surface area contributed by atoms with Gasteiger partial charge in [0.2, 0.25) is 0 Å². The van der Waals surface area contributed by atoms with E-state index in [0.29, 0.717) is 6.07 Å². The first-order valence-corrected chi connectivity index (χ1v) is 6.03. The minimum atomic E-state index is -3.18. The first kappa shape index (κ1) is 16.8. The summed E-state index contributed by atoms with van der Waals surface area (Å²) in [5, 5.41) is 8.51. The number of hydrogen-bond acceptors (Lipinski definition) is 3. The van der Waals surface area contributed by atoms with Crippen LogP contribution in [0.15, 0.2) is 18.2 Å². The average molecular weight is 305 g/mol. The Balaban J connectivity index is 2.83. The Kier molecular flexibility index (Phi) is 6.01. The molecule has 1 aromatic carbocycles. The van der Waals surface area contributed by atoms with E-state index in [-0.39, 0.29) is 24.9 Å². The van der Waals surface area contributed by atoms with Crippen molar-refractivity contribution in [2.75, 3.05) is 13.6 Å². The lowest BCUT2D eigenvalue weighted by molar-refractivity contribution is -0.137. The maximum atomic E-state index is 13.0. The van der Waals surface area contributed by atoms with Crippen molar-refractivity contribution in [2.45, 2.75) is 19.5 Å². The zero-order valence-corrected chi connectivity index (χ0v) is 11.2. The molecule has 0 aliphatic carbocycles. The number of ether oxygens (including phenoxy) is 1. The molecule has 0 aliphatic rings. The molecular weight excluding hydrogens is 291 g/mol. The van der Waals surface area contributed by atoms with Gasteiger partial charge in [-0.2, -0.15) is 8.78 Å². The molecule has 0 heterocycles. The molecule has 0 radical (unpaired) electrons. The largest absolute Gasteiger partial charge is 0.481 e. The molecule has 8 heteroatoms. The summed E-state index contributed by atoms with van der Waals surface area (Å²) < 4.78 is 41.7. The van der Waals surface area contributed by atoms with Crippen molar-refractivity contribution in [2.24, 2.45) is 0 Å². The molecule has 0 saturated heterocycles. The molecule has 21 heavy (non-hydrogen) atoms. The van der Waals surface area contributed by atoms with Gasteiger partial charge in [0.25, 0.3) is 5.91 Å². The van der Waals surface area contributed by atoms with Gasteiger partial charge >= 0.3 is 12.6 Å². The highest BCUT2D eigenvalue weighted by molar-refractivity contribution is 5.96.